The number of nitrogens with zero attached hydrogens (tertiary/aromatic N) is 1. The molecule has 1 unspecified atom stereocenters. The Labute approximate surface area is 111 Å². The molecule has 1 aromatic heterocycles. The second-order valence-corrected chi connectivity index (χ2v) is 4.59. The second kappa shape index (κ2) is 6.38. The summed E-state index contributed by atoms with van der Waals surface area (Å²) in [5, 5.41) is 0. The number of benzene rings is 1. The summed E-state index contributed by atoms with van der Waals surface area (Å²) >= 11 is 0. The van der Waals surface area contributed by atoms with Gasteiger partial charge in [0, 0.05) is 24.5 Å². The number of nitrogens with two attached hydrogens (primary N) is 1. The fraction of sp³-hybridized carbons (Fsp3) is 0.267. The Morgan fingerprint density at radius 1 is 1.11 bits per heavy atom. The molecule has 0 aliphatic carbocycles. The van der Waals surface area contributed by atoms with E-state index in [4.69, 9.17) is 5.73 Å². The van der Waals surface area contributed by atoms with Gasteiger partial charge in [-0.3, -0.25) is 4.98 Å². The minimum absolute atomic E-state index is 0.145. The number of rotatable bonds is 5. The molecule has 0 aliphatic rings. The summed E-state index contributed by atoms with van der Waals surface area (Å²) in [6.45, 7) is 0. The average molecular weight is 262 g/mol. The summed E-state index contributed by atoms with van der Waals surface area (Å²) in [5.74, 6) is -1.09. The van der Waals surface area contributed by atoms with Crippen molar-refractivity contribution in [3.8, 4) is 0 Å². The third-order valence-corrected chi connectivity index (χ3v) is 3.05. The van der Waals surface area contributed by atoms with Crippen LogP contribution in [0.3, 0.4) is 0 Å². The number of halogens is 2. The van der Waals surface area contributed by atoms with Gasteiger partial charge in [0.2, 0.25) is 0 Å². The molecule has 0 fully saturated rings. The van der Waals surface area contributed by atoms with Crippen molar-refractivity contribution in [1.29, 1.82) is 0 Å². The first-order chi connectivity index (χ1) is 9.15. The molecular weight excluding hydrogens is 246 g/mol. The predicted octanol–water partition coefficient (Wildman–Crippen LogP) is 2.86. The Bertz CT molecular complexity index is 529. The van der Waals surface area contributed by atoms with Crippen LogP contribution < -0.4 is 5.73 Å². The highest BCUT2D eigenvalue weighted by Gasteiger charge is 2.09. The maximum absolute atomic E-state index is 13.5. The molecule has 0 radical (unpaired) electrons. The Balaban J connectivity index is 1.89. The van der Waals surface area contributed by atoms with Gasteiger partial charge in [-0.15, -0.1) is 0 Å². The van der Waals surface area contributed by atoms with Crippen LogP contribution in [0.5, 0.6) is 0 Å². The van der Waals surface area contributed by atoms with Crippen LogP contribution in [0.25, 0.3) is 0 Å². The van der Waals surface area contributed by atoms with Crippen LogP contribution >= 0.6 is 0 Å². The van der Waals surface area contributed by atoms with Crippen molar-refractivity contribution in [3.05, 3.63) is 65.5 Å². The molecular formula is C15H16F2N2. The number of aromatic nitrogens is 1. The van der Waals surface area contributed by atoms with Gasteiger partial charge in [0.1, 0.15) is 11.6 Å². The van der Waals surface area contributed by atoms with Crippen LogP contribution in [-0.2, 0) is 12.8 Å². The van der Waals surface area contributed by atoms with Gasteiger partial charge in [0.25, 0.3) is 0 Å². The van der Waals surface area contributed by atoms with Crippen LogP contribution in [0, 0.1) is 11.6 Å². The van der Waals surface area contributed by atoms with E-state index in [1.165, 1.54) is 12.1 Å². The molecule has 1 aromatic carbocycles. The summed E-state index contributed by atoms with van der Waals surface area (Å²) in [6.07, 6.45) is 5.46. The molecule has 2 nitrogen and oxygen atoms in total. The largest absolute Gasteiger partial charge is 0.327 e. The Hall–Kier alpha value is -1.81. The summed E-state index contributed by atoms with van der Waals surface area (Å²) in [5.41, 5.74) is 7.60. The molecule has 2 aromatic rings. The predicted molar refractivity (Wildman–Crippen MR) is 70.6 cm³/mol. The van der Waals surface area contributed by atoms with E-state index in [2.05, 4.69) is 4.98 Å². The zero-order valence-electron chi connectivity index (χ0n) is 10.5. The fourth-order valence-corrected chi connectivity index (χ4v) is 1.97. The monoisotopic (exact) mass is 262 g/mol. The van der Waals surface area contributed by atoms with E-state index in [0.29, 0.717) is 12.0 Å². The summed E-state index contributed by atoms with van der Waals surface area (Å²) in [7, 11) is 0. The van der Waals surface area contributed by atoms with E-state index in [0.717, 1.165) is 24.5 Å². The van der Waals surface area contributed by atoms with E-state index in [-0.39, 0.29) is 6.04 Å². The lowest BCUT2D eigenvalue weighted by Crippen LogP contribution is -2.24. The molecule has 0 bridgehead atoms. The number of aryl methyl sites for hydroxylation is 1. The molecule has 2 rings (SSSR count). The highest BCUT2D eigenvalue weighted by Crippen LogP contribution is 2.13. The van der Waals surface area contributed by atoms with E-state index in [1.54, 1.807) is 12.4 Å². The van der Waals surface area contributed by atoms with Crippen molar-refractivity contribution in [3.63, 3.8) is 0 Å². The van der Waals surface area contributed by atoms with Crippen molar-refractivity contribution < 1.29 is 8.78 Å². The summed E-state index contributed by atoms with van der Waals surface area (Å²) < 4.78 is 26.2. The van der Waals surface area contributed by atoms with Gasteiger partial charge in [0.15, 0.2) is 0 Å². The summed E-state index contributed by atoms with van der Waals surface area (Å²) in [4.78, 5) is 3.94. The molecule has 2 N–H and O–H groups in total. The minimum Gasteiger partial charge on any atom is -0.327 e. The van der Waals surface area contributed by atoms with Crippen molar-refractivity contribution in [2.24, 2.45) is 5.73 Å². The molecule has 19 heavy (non-hydrogen) atoms. The van der Waals surface area contributed by atoms with Crippen LogP contribution in [0.1, 0.15) is 17.5 Å². The van der Waals surface area contributed by atoms with Crippen molar-refractivity contribution in [1.82, 2.24) is 4.98 Å². The molecule has 1 atom stereocenters. The first kappa shape index (κ1) is 13.6. The highest BCUT2D eigenvalue weighted by atomic mass is 19.1. The smallest absolute Gasteiger partial charge is 0.129 e. The van der Waals surface area contributed by atoms with Crippen molar-refractivity contribution >= 4 is 0 Å². The third-order valence-electron chi connectivity index (χ3n) is 3.05. The number of hydrogen-bond acceptors (Lipinski definition) is 2. The standard InChI is InChI=1S/C15H16F2N2/c16-13-3-2-12(15(17)10-13)9-14(18)4-1-11-5-7-19-8-6-11/h2-3,5-8,10,14H,1,4,9,18H2. The molecule has 0 aliphatic heterocycles. The Kier molecular flexibility index (Phi) is 4.58. The van der Waals surface area contributed by atoms with E-state index >= 15 is 0 Å². The Morgan fingerprint density at radius 3 is 2.53 bits per heavy atom. The van der Waals surface area contributed by atoms with Crippen LogP contribution in [0.2, 0.25) is 0 Å². The van der Waals surface area contributed by atoms with E-state index < -0.39 is 11.6 Å². The van der Waals surface area contributed by atoms with Gasteiger partial charge in [-0.05, 0) is 48.6 Å². The van der Waals surface area contributed by atoms with Gasteiger partial charge < -0.3 is 5.73 Å². The lowest BCUT2D eigenvalue weighted by molar-refractivity contribution is 0.549. The number of pyridine rings is 1. The van der Waals surface area contributed by atoms with Crippen LogP contribution in [-0.4, -0.2) is 11.0 Å². The first-order valence-corrected chi connectivity index (χ1v) is 6.23. The van der Waals surface area contributed by atoms with Crippen molar-refractivity contribution in [2.45, 2.75) is 25.3 Å². The maximum atomic E-state index is 13.5. The third kappa shape index (κ3) is 4.10. The lowest BCUT2D eigenvalue weighted by atomic mass is 10.00. The zero-order chi connectivity index (χ0) is 13.7. The topological polar surface area (TPSA) is 38.9 Å². The van der Waals surface area contributed by atoms with Crippen molar-refractivity contribution in [2.75, 3.05) is 0 Å². The van der Waals surface area contributed by atoms with Crippen LogP contribution in [0.4, 0.5) is 8.78 Å². The molecule has 1 heterocycles. The fourth-order valence-electron chi connectivity index (χ4n) is 1.97. The summed E-state index contributed by atoms with van der Waals surface area (Å²) in [6, 6.07) is 7.33. The highest BCUT2D eigenvalue weighted by molar-refractivity contribution is 5.19. The molecule has 0 saturated heterocycles. The molecule has 0 spiro atoms. The molecule has 0 amide bonds. The van der Waals surface area contributed by atoms with Gasteiger partial charge in [0.05, 0.1) is 0 Å². The SMILES string of the molecule is NC(CCc1ccncc1)Cc1ccc(F)cc1F. The lowest BCUT2D eigenvalue weighted by Gasteiger charge is -2.12. The molecule has 0 saturated carbocycles. The maximum Gasteiger partial charge on any atom is 0.129 e. The minimum atomic E-state index is -0.563. The quantitative estimate of drug-likeness (QED) is 0.900. The van der Waals surface area contributed by atoms with Gasteiger partial charge in [-0.2, -0.15) is 0 Å². The van der Waals surface area contributed by atoms with Gasteiger partial charge in [-0.1, -0.05) is 6.07 Å². The second-order valence-electron chi connectivity index (χ2n) is 4.59. The first-order valence-electron chi connectivity index (χ1n) is 6.23. The van der Waals surface area contributed by atoms with Gasteiger partial charge >= 0.3 is 0 Å². The molecule has 4 heteroatoms. The molecule has 100 valence electrons. The van der Waals surface area contributed by atoms with E-state index in [9.17, 15) is 8.78 Å². The van der Waals surface area contributed by atoms with Gasteiger partial charge in [-0.25, -0.2) is 8.78 Å². The number of hydrogen-bond donors (Lipinski definition) is 1. The van der Waals surface area contributed by atoms with E-state index in [1.807, 2.05) is 12.1 Å². The van der Waals surface area contributed by atoms with Crippen LogP contribution in [0.15, 0.2) is 42.7 Å². The zero-order valence-corrected chi connectivity index (χ0v) is 10.5. The average Bonchev–Trinajstić information content (AvgIpc) is 2.41. The Morgan fingerprint density at radius 2 is 1.84 bits per heavy atom. The normalized spacial score (nSPS) is 12.4.